The summed E-state index contributed by atoms with van der Waals surface area (Å²) in [5, 5.41) is 12.1. The summed E-state index contributed by atoms with van der Waals surface area (Å²) in [6, 6.07) is 18.8. The predicted octanol–water partition coefficient (Wildman–Crippen LogP) is 4.86. The standard InChI is InChI=1S/C35H31ClN2O7/c1-37-31(40)23-13-12-22-24(28(23)33(37)42)17-25-32(41)38(20-11-7-10-19(36)14-20)34(43)35(25,18-8-5-4-6-9-18)30(22)29-26(39)15-21(44-2)16-27(29)45-3/h4-12,14-16,23-25,28,30,39H,13,17H2,1-3H3. The number of allylic oxidation sites excluding steroid dienone is 2. The molecular weight excluding hydrogens is 596 g/mol. The second-order valence-electron chi connectivity index (χ2n) is 12.1. The Balaban J connectivity index is 1.56. The van der Waals surface area contributed by atoms with E-state index in [4.69, 9.17) is 21.1 Å². The minimum Gasteiger partial charge on any atom is -0.507 e. The van der Waals surface area contributed by atoms with Gasteiger partial charge in [-0.2, -0.15) is 0 Å². The van der Waals surface area contributed by atoms with Gasteiger partial charge in [-0.25, -0.2) is 4.90 Å². The number of amides is 4. The number of aromatic hydroxyl groups is 1. The smallest absolute Gasteiger partial charge is 0.246 e. The van der Waals surface area contributed by atoms with Gasteiger partial charge in [-0.05, 0) is 42.5 Å². The maximum atomic E-state index is 15.2. The number of nitrogens with zero attached hydrogens (tertiary/aromatic N) is 2. The quantitative estimate of drug-likeness (QED) is 0.318. The molecule has 2 aliphatic heterocycles. The molecule has 0 radical (unpaired) electrons. The van der Waals surface area contributed by atoms with Crippen LogP contribution < -0.4 is 14.4 Å². The van der Waals surface area contributed by atoms with Crippen molar-refractivity contribution in [1.82, 2.24) is 4.90 Å². The number of hydrogen-bond acceptors (Lipinski definition) is 7. The molecule has 4 aliphatic rings. The topological polar surface area (TPSA) is 113 Å². The van der Waals surface area contributed by atoms with E-state index in [0.717, 1.165) is 5.57 Å². The van der Waals surface area contributed by atoms with Gasteiger partial charge in [-0.15, -0.1) is 0 Å². The van der Waals surface area contributed by atoms with Crippen LogP contribution >= 0.6 is 11.6 Å². The third-order valence-electron chi connectivity index (χ3n) is 10.2. The minimum absolute atomic E-state index is 0.159. The van der Waals surface area contributed by atoms with E-state index in [9.17, 15) is 19.5 Å². The van der Waals surface area contributed by atoms with Gasteiger partial charge in [-0.3, -0.25) is 24.1 Å². The highest BCUT2D eigenvalue weighted by Crippen LogP contribution is 2.66. The summed E-state index contributed by atoms with van der Waals surface area (Å²) in [6.45, 7) is 0. The molecule has 2 aliphatic carbocycles. The molecule has 0 spiro atoms. The minimum atomic E-state index is -1.53. The highest BCUT2D eigenvalue weighted by Gasteiger charge is 2.70. The second kappa shape index (κ2) is 10.5. The summed E-state index contributed by atoms with van der Waals surface area (Å²) in [5.41, 5.74) is 0.412. The van der Waals surface area contributed by atoms with E-state index in [0.29, 0.717) is 27.6 Å². The van der Waals surface area contributed by atoms with E-state index in [1.165, 1.54) is 37.1 Å². The van der Waals surface area contributed by atoms with Gasteiger partial charge >= 0.3 is 0 Å². The number of carbonyl (C=O) groups excluding carboxylic acids is 4. The monoisotopic (exact) mass is 626 g/mol. The molecule has 1 saturated carbocycles. The maximum Gasteiger partial charge on any atom is 0.246 e. The van der Waals surface area contributed by atoms with E-state index in [1.807, 2.05) is 36.4 Å². The summed E-state index contributed by atoms with van der Waals surface area (Å²) in [5.74, 6) is -4.72. The van der Waals surface area contributed by atoms with Crippen LogP contribution in [0.15, 0.2) is 78.4 Å². The van der Waals surface area contributed by atoms with Crippen LogP contribution in [-0.2, 0) is 24.6 Å². The van der Waals surface area contributed by atoms with Crippen molar-refractivity contribution in [3.05, 3.63) is 94.5 Å². The Morgan fingerprint density at radius 1 is 0.889 bits per heavy atom. The fourth-order valence-electron chi connectivity index (χ4n) is 8.38. The fraction of sp³-hybridized carbons (Fsp3) is 0.314. The molecule has 3 aromatic carbocycles. The fourth-order valence-corrected chi connectivity index (χ4v) is 8.56. The number of anilines is 1. The van der Waals surface area contributed by atoms with Crippen LogP contribution in [0.25, 0.3) is 0 Å². The predicted molar refractivity (Wildman–Crippen MR) is 165 cm³/mol. The van der Waals surface area contributed by atoms with E-state index in [1.54, 1.807) is 30.3 Å². The summed E-state index contributed by atoms with van der Waals surface area (Å²) in [7, 11) is 4.42. The highest BCUT2D eigenvalue weighted by molar-refractivity contribution is 6.32. The number of imide groups is 2. The molecule has 10 heteroatoms. The van der Waals surface area contributed by atoms with Gasteiger partial charge in [-0.1, -0.05) is 59.6 Å². The van der Waals surface area contributed by atoms with E-state index in [-0.39, 0.29) is 36.2 Å². The molecule has 45 heavy (non-hydrogen) atoms. The molecule has 7 rings (SSSR count). The number of methoxy groups -OCH3 is 2. The Bertz CT molecular complexity index is 1810. The molecule has 0 aromatic heterocycles. The molecule has 4 amide bonds. The Labute approximate surface area is 265 Å². The van der Waals surface area contributed by atoms with Gasteiger partial charge in [0.05, 0.1) is 43.1 Å². The van der Waals surface area contributed by atoms with Gasteiger partial charge in [0.1, 0.15) is 17.2 Å². The van der Waals surface area contributed by atoms with Crippen molar-refractivity contribution in [3.63, 3.8) is 0 Å². The number of likely N-dealkylation sites (tertiary alicyclic amines) is 1. The van der Waals surface area contributed by atoms with Gasteiger partial charge in [0, 0.05) is 35.7 Å². The Kier molecular flexibility index (Phi) is 6.78. The number of ether oxygens (including phenoxy) is 2. The molecule has 230 valence electrons. The zero-order chi connectivity index (χ0) is 31.8. The first kappa shape index (κ1) is 29.1. The van der Waals surface area contributed by atoms with Crippen LogP contribution in [0.3, 0.4) is 0 Å². The number of phenolic OH excluding ortho intramolecular Hbond substituents is 1. The lowest BCUT2D eigenvalue weighted by Gasteiger charge is -2.51. The number of fused-ring (bicyclic) bond motifs is 4. The van der Waals surface area contributed by atoms with Gasteiger partial charge < -0.3 is 14.6 Å². The Hall–Kier alpha value is -4.63. The lowest BCUT2D eigenvalue weighted by atomic mass is 9.49. The molecular formula is C35H31ClN2O7. The van der Waals surface area contributed by atoms with Crippen molar-refractivity contribution in [2.75, 3.05) is 26.2 Å². The number of hydrogen-bond donors (Lipinski definition) is 1. The molecule has 3 aromatic rings. The molecule has 6 atom stereocenters. The van der Waals surface area contributed by atoms with E-state index >= 15 is 4.79 Å². The Morgan fingerprint density at radius 2 is 1.64 bits per heavy atom. The van der Waals surface area contributed by atoms with Gasteiger partial charge in [0.2, 0.25) is 23.6 Å². The molecule has 1 N–H and O–H groups in total. The van der Waals surface area contributed by atoms with Gasteiger partial charge in [0.25, 0.3) is 0 Å². The second-order valence-corrected chi connectivity index (χ2v) is 12.5. The van der Waals surface area contributed by atoms with Crippen LogP contribution in [0, 0.1) is 23.7 Å². The zero-order valence-electron chi connectivity index (χ0n) is 24.9. The average molecular weight is 627 g/mol. The number of phenols is 1. The van der Waals surface area contributed by atoms with Gasteiger partial charge in [0.15, 0.2) is 0 Å². The summed E-state index contributed by atoms with van der Waals surface area (Å²) < 4.78 is 11.3. The van der Waals surface area contributed by atoms with E-state index in [2.05, 4.69) is 0 Å². The first-order valence-corrected chi connectivity index (χ1v) is 15.2. The first-order chi connectivity index (χ1) is 21.6. The van der Waals surface area contributed by atoms with Crippen LogP contribution in [0.1, 0.15) is 29.9 Å². The van der Waals surface area contributed by atoms with Crippen LogP contribution in [0.5, 0.6) is 17.2 Å². The molecule has 2 saturated heterocycles. The third-order valence-corrected chi connectivity index (χ3v) is 10.5. The van der Waals surface area contributed by atoms with Crippen molar-refractivity contribution in [3.8, 4) is 17.2 Å². The molecule has 6 unspecified atom stereocenters. The summed E-state index contributed by atoms with van der Waals surface area (Å²) >= 11 is 6.35. The van der Waals surface area contributed by atoms with Crippen molar-refractivity contribution in [1.29, 1.82) is 0 Å². The molecule has 3 fully saturated rings. The van der Waals surface area contributed by atoms with Crippen LogP contribution in [0.2, 0.25) is 5.02 Å². The number of rotatable bonds is 5. The molecule has 9 nitrogen and oxygen atoms in total. The molecule has 0 bridgehead atoms. The lowest BCUT2D eigenvalue weighted by Crippen LogP contribution is -2.53. The third kappa shape index (κ3) is 3.92. The van der Waals surface area contributed by atoms with Crippen LogP contribution in [0.4, 0.5) is 5.69 Å². The maximum absolute atomic E-state index is 15.2. The highest BCUT2D eigenvalue weighted by atomic mass is 35.5. The molecule has 2 heterocycles. The number of benzene rings is 3. The van der Waals surface area contributed by atoms with Crippen molar-refractivity contribution in [2.24, 2.45) is 23.7 Å². The summed E-state index contributed by atoms with van der Waals surface area (Å²) in [4.78, 5) is 59.1. The van der Waals surface area contributed by atoms with Crippen molar-refractivity contribution >= 4 is 40.9 Å². The largest absolute Gasteiger partial charge is 0.507 e. The zero-order valence-corrected chi connectivity index (χ0v) is 25.7. The van der Waals surface area contributed by atoms with Crippen molar-refractivity contribution < 1.29 is 33.8 Å². The number of halogens is 1. The van der Waals surface area contributed by atoms with Crippen LogP contribution in [-0.4, -0.2) is 54.9 Å². The summed E-state index contributed by atoms with van der Waals surface area (Å²) in [6.07, 6.45) is 2.38. The lowest BCUT2D eigenvalue weighted by molar-refractivity contribution is -0.138. The van der Waals surface area contributed by atoms with Crippen molar-refractivity contribution in [2.45, 2.75) is 24.2 Å². The normalized spacial score (nSPS) is 28.9. The first-order valence-electron chi connectivity index (χ1n) is 14.8. The van der Waals surface area contributed by atoms with E-state index < -0.39 is 46.8 Å². The number of carbonyl (C=O) groups is 4. The average Bonchev–Trinajstić information content (AvgIpc) is 3.41. The SMILES string of the molecule is COc1cc(O)c(C2C3=CCC4C(=O)N(C)C(=O)C4C3CC3C(=O)N(c4cccc(Cl)c4)C(=O)C32c2ccccc2)c(OC)c1. The Morgan fingerprint density at radius 3 is 2.33 bits per heavy atom.